The van der Waals surface area contributed by atoms with Gasteiger partial charge < -0.3 is 29.5 Å². The van der Waals surface area contributed by atoms with E-state index in [0.29, 0.717) is 17.3 Å². The maximum Gasteiger partial charge on any atom is 0.338 e. The minimum Gasteiger partial charge on any atom is -0.506 e. The number of allylic oxidation sites excluding steroid dienone is 1. The lowest BCUT2D eigenvalue weighted by atomic mass is 9.91. The molecule has 12 heteroatoms. The minimum atomic E-state index is -1.23. The molecule has 1 aliphatic carbocycles. The van der Waals surface area contributed by atoms with E-state index in [1.54, 1.807) is 26.8 Å². The molecule has 0 aliphatic heterocycles. The normalized spacial score (nSPS) is 13.4. The van der Waals surface area contributed by atoms with Crippen LogP contribution in [-0.2, 0) is 28.6 Å². The molecule has 0 bridgehead atoms. The Morgan fingerprint density at radius 2 is 1.62 bits per heavy atom. The second-order valence-corrected chi connectivity index (χ2v) is 12.2. The zero-order valence-electron chi connectivity index (χ0n) is 26.8. The number of carboxylic acids is 1. The third kappa shape index (κ3) is 7.76. The van der Waals surface area contributed by atoms with Crippen molar-refractivity contribution in [3.8, 4) is 5.75 Å². The zero-order valence-corrected chi connectivity index (χ0v) is 26.8. The highest BCUT2D eigenvalue weighted by Gasteiger charge is 2.34. The fraction of sp³-hybridized carbons (Fsp3) is 0.371. The van der Waals surface area contributed by atoms with E-state index in [4.69, 9.17) is 19.3 Å². The van der Waals surface area contributed by atoms with Gasteiger partial charge in [0.05, 0.1) is 34.9 Å². The Hall–Kier alpha value is -5.26. The van der Waals surface area contributed by atoms with Gasteiger partial charge in [0, 0.05) is 16.5 Å². The number of aliphatic hydroxyl groups excluding tert-OH is 1. The van der Waals surface area contributed by atoms with Crippen molar-refractivity contribution in [2.24, 2.45) is 5.41 Å². The smallest absolute Gasteiger partial charge is 0.338 e. The van der Waals surface area contributed by atoms with Gasteiger partial charge in [0.2, 0.25) is 0 Å². The number of aromatic hydroxyl groups is 1. The van der Waals surface area contributed by atoms with E-state index in [2.05, 4.69) is 4.98 Å². The molecule has 0 amide bonds. The Kier molecular flexibility index (Phi) is 10.3. The van der Waals surface area contributed by atoms with Crippen LogP contribution in [0, 0.1) is 5.41 Å². The molecule has 2 aromatic carbocycles. The van der Waals surface area contributed by atoms with Gasteiger partial charge in [-0.15, -0.1) is 0 Å². The first-order valence-corrected chi connectivity index (χ1v) is 15.1. The lowest BCUT2D eigenvalue weighted by Gasteiger charge is -2.23. The van der Waals surface area contributed by atoms with Crippen LogP contribution in [0.5, 0.6) is 5.75 Å². The fourth-order valence-corrected chi connectivity index (χ4v) is 4.72. The molecule has 47 heavy (non-hydrogen) atoms. The first-order valence-electron chi connectivity index (χ1n) is 15.1. The summed E-state index contributed by atoms with van der Waals surface area (Å²) in [5.74, 6) is -4.68. The molecule has 1 heterocycles. The second kappa shape index (κ2) is 14.0. The lowest BCUT2D eigenvalue weighted by Crippen LogP contribution is -2.34. The molecule has 4 rings (SSSR count). The lowest BCUT2D eigenvalue weighted by molar-refractivity contribution is -0.167. The van der Waals surface area contributed by atoms with Gasteiger partial charge in [-0.3, -0.25) is 19.2 Å². The SMILES string of the molecule is CCC(C)(C)C(=O)OCC(COC(=O)c1ccc2c(c1)C(=O)C(c1nc3ccc(C(C)C)cc3cc1O)=C2O)OC(=O)CCC(=O)O. The average Bonchev–Trinajstić information content (AvgIpc) is 3.28. The van der Waals surface area contributed by atoms with Gasteiger partial charge in [0.25, 0.3) is 0 Å². The number of carboxylic acid groups (broad SMARTS) is 1. The van der Waals surface area contributed by atoms with Gasteiger partial charge in [-0.1, -0.05) is 26.8 Å². The molecule has 0 fully saturated rings. The van der Waals surface area contributed by atoms with E-state index in [1.165, 1.54) is 24.3 Å². The van der Waals surface area contributed by atoms with Crippen LogP contribution < -0.4 is 0 Å². The van der Waals surface area contributed by atoms with Crippen molar-refractivity contribution in [3.63, 3.8) is 0 Å². The third-order valence-electron chi connectivity index (χ3n) is 8.02. The highest BCUT2D eigenvalue weighted by Crippen LogP contribution is 2.40. The number of ether oxygens (including phenoxy) is 3. The minimum absolute atomic E-state index is 0.0178. The van der Waals surface area contributed by atoms with E-state index in [1.807, 2.05) is 26.0 Å². The number of aliphatic hydroxyl groups is 1. The van der Waals surface area contributed by atoms with Crippen LogP contribution in [0.2, 0.25) is 0 Å². The molecule has 0 saturated heterocycles. The van der Waals surface area contributed by atoms with E-state index < -0.39 is 73.0 Å². The van der Waals surface area contributed by atoms with Gasteiger partial charge in [0.15, 0.2) is 11.9 Å². The number of Topliss-reactive ketones (excluding diaryl/α,β-unsaturated/α-hetero) is 1. The number of ketones is 1. The molecular weight excluding hydrogens is 610 g/mol. The molecule has 1 unspecified atom stereocenters. The molecule has 0 saturated carbocycles. The number of pyridine rings is 1. The molecule has 248 valence electrons. The van der Waals surface area contributed by atoms with Gasteiger partial charge >= 0.3 is 23.9 Å². The standard InChI is InChI=1S/C35H37NO11/c1-6-35(4,5)34(44)46-17-22(47-28(40)12-11-27(38)39)16-45-33(43)20-7-9-23-24(14-20)32(42)29(31(23)41)30-26(37)15-21-13-19(18(2)3)8-10-25(21)36-30/h7-10,13-15,18,22,37,41H,6,11-12,16-17H2,1-5H3,(H,38,39). The van der Waals surface area contributed by atoms with Gasteiger partial charge in [-0.05, 0) is 68.1 Å². The summed E-state index contributed by atoms with van der Waals surface area (Å²) in [6.45, 7) is 8.24. The Bertz CT molecular complexity index is 1790. The maximum atomic E-state index is 13.5. The van der Waals surface area contributed by atoms with Crippen LogP contribution >= 0.6 is 0 Å². The Morgan fingerprint density at radius 1 is 0.915 bits per heavy atom. The summed E-state index contributed by atoms with van der Waals surface area (Å²) in [6, 6.07) is 11.0. The molecular formula is C35H37NO11. The van der Waals surface area contributed by atoms with Crippen molar-refractivity contribution in [1.82, 2.24) is 4.98 Å². The average molecular weight is 648 g/mol. The predicted molar refractivity (Wildman–Crippen MR) is 170 cm³/mol. The van der Waals surface area contributed by atoms with Crippen molar-refractivity contribution < 1.29 is 53.5 Å². The quantitative estimate of drug-likeness (QED) is 0.154. The van der Waals surface area contributed by atoms with E-state index >= 15 is 0 Å². The summed E-state index contributed by atoms with van der Waals surface area (Å²) in [6.07, 6.45) is -1.68. The first kappa shape index (κ1) is 34.6. The van der Waals surface area contributed by atoms with Crippen LogP contribution in [0.15, 0.2) is 42.5 Å². The highest BCUT2D eigenvalue weighted by atomic mass is 16.6. The number of fused-ring (bicyclic) bond motifs is 2. The molecule has 12 nitrogen and oxygen atoms in total. The number of esters is 3. The molecule has 0 radical (unpaired) electrons. The third-order valence-corrected chi connectivity index (χ3v) is 8.02. The van der Waals surface area contributed by atoms with Crippen molar-refractivity contribution in [2.45, 2.75) is 65.9 Å². The summed E-state index contributed by atoms with van der Waals surface area (Å²) < 4.78 is 15.8. The van der Waals surface area contributed by atoms with Crippen LogP contribution in [0.4, 0.5) is 0 Å². The number of hydrogen-bond acceptors (Lipinski definition) is 11. The van der Waals surface area contributed by atoms with Crippen LogP contribution in [0.1, 0.15) is 97.3 Å². The van der Waals surface area contributed by atoms with Crippen LogP contribution in [-0.4, -0.2) is 69.3 Å². The van der Waals surface area contributed by atoms with E-state index in [-0.39, 0.29) is 39.6 Å². The number of carbonyl (C=O) groups excluding carboxylic acids is 4. The Labute approximate surface area is 271 Å². The van der Waals surface area contributed by atoms with Crippen molar-refractivity contribution in [3.05, 3.63) is 70.4 Å². The summed E-state index contributed by atoms with van der Waals surface area (Å²) >= 11 is 0. The van der Waals surface area contributed by atoms with Crippen molar-refractivity contribution in [2.75, 3.05) is 13.2 Å². The molecule has 0 spiro atoms. The van der Waals surface area contributed by atoms with Crippen molar-refractivity contribution >= 4 is 51.9 Å². The monoisotopic (exact) mass is 647 g/mol. The molecule has 1 aromatic heterocycles. The van der Waals surface area contributed by atoms with Gasteiger partial charge in [0.1, 0.15) is 30.4 Å². The summed E-state index contributed by atoms with van der Waals surface area (Å²) in [7, 11) is 0. The number of rotatable bonds is 13. The largest absolute Gasteiger partial charge is 0.506 e. The summed E-state index contributed by atoms with van der Waals surface area (Å²) in [4.78, 5) is 66.5. The number of aliphatic carboxylic acids is 1. The number of aromatic nitrogens is 1. The predicted octanol–water partition coefficient (Wildman–Crippen LogP) is 5.60. The number of benzene rings is 2. The topological polar surface area (TPSA) is 187 Å². The molecule has 3 aromatic rings. The second-order valence-electron chi connectivity index (χ2n) is 12.2. The van der Waals surface area contributed by atoms with Crippen LogP contribution in [0.25, 0.3) is 22.2 Å². The summed E-state index contributed by atoms with van der Waals surface area (Å²) in [5.41, 5.74) is 0.459. The maximum absolute atomic E-state index is 13.5. The van der Waals surface area contributed by atoms with E-state index in [0.717, 1.165) is 5.56 Å². The number of carbonyl (C=O) groups is 5. The van der Waals surface area contributed by atoms with E-state index in [9.17, 15) is 34.2 Å². The number of hydrogen-bond donors (Lipinski definition) is 3. The van der Waals surface area contributed by atoms with Gasteiger partial charge in [-0.25, -0.2) is 9.78 Å². The molecule has 1 atom stereocenters. The first-order chi connectivity index (χ1) is 22.1. The van der Waals surface area contributed by atoms with Crippen LogP contribution in [0.3, 0.4) is 0 Å². The fourth-order valence-electron chi connectivity index (χ4n) is 4.72. The van der Waals surface area contributed by atoms with Crippen molar-refractivity contribution in [1.29, 1.82) is 0 Å². The highest BCUT2D eigenvalue weighted by molar-refractivity contribution is 6.39. The number of nitrogens with zero attached hydrogens (tertiary/aromatic N) is 1. The Balaban J connectivity index is 1.51. The molecule has 3 N–H and O–H groups in total. The summed E-state index contributed by atoms with van der Waals surface area (Å²) in [5, 5.41) is 31.3. The molecule has 1 aliphatic rings. The van der Waals surface area contributed by atoms with Gasteiger partial charge in [-0.2, -0.15) is 0 Å². The zero-order chi connectivity index (χ0) is 34.6. The Morgan fingerprint density at radius 3 is 2.28 bits per heavy atom.